The van der Waals surface area contributed by atoms with Gasteiger partial charge in [-0.3, -0.25) is 9.69 Å². The van der Waals surface area contributed by atoms with Gasteiger partial charge in [0.2, 0.25) is 5.91 Å². The first-order valence-corrected chi connectivity index (χ1v) is 9.25. The van der Waals surface area contributed by atoms with E-state index in [-0.39, 0.29) is 24.2 Å². The van der Waals surface area contributed by atoms with Crippen molar-refractivity contribution in [1.82, 2.24) is 10.2 Å². The van der Waals surface area contributed by atoms with Gasteiger partial charge in [0.25, 0.3) is 0 Å². The number of rotatable bonds is 6. The Morgan fingerprint density at radius 3 is 2.64 bits per heavy atom. The highest BCUT2D eigenvalue weighted by molar-refractivity contribution is 6.30. The summed E-state index contributed by atoms with van der Waals surface area (Å²) in [7, 11) is 0. The molecule has 0 aliphatic carbocycles. The molecule has 25 heavy (non-hydrogen) atoms. The minimum absolute atomic E-state index is 0.00190. The molecule has 2 fully saturated rings. The predicted octanol–water partition coefficient (Wildman–Crippen LogP) is 1.34. The van der Waals surface area contributed by atoms with Gasteiger partial charge in [-0.2, -0.15) is 0 Å². The van der Waals surface area contributed by atoms with Crippen molar-refractivity contribution < 1.29 is 14.3 Å². The SMILES string of the molecule is NC[C@H]1CC[C@@H](C(=O)NCC(c2ccc(Cl)cc2)N2CCOCC2)O1. The molecule has 3 N–H and O–H groups in total. The van der Waals surface area contributed by atoms with Gasteiger partial charge in [0.05, 0.1) is 25.4 Å². The minimum Gasteiger partial charge on any atom is -0.379 e. The van der Waals surface area contributed by atoms with Gasteiger partial charge in [0, 0.05) is 31.2 Å². The van der Waals surface area contributed by atoms with Crippen LogP contribution >= 0.6 is 11.6 Å². The maximum Gasteiger partial charge on any atom is 0.249 e. The molecule has 6 nitrogen and oxygen atoms in total. The summed E-state index contributed by atoms with van der Waals surface area (Å²) in [4.78, 5) is 14.8. The van der Waals surface area contributed by atoms with Crippen molar-refractivity contribution in [1.29, 1.82) is 0 Å². The fourth-order valence-corrected chi connectivity index (χ4v) is 3.54. The zero-order valence-electron chi connectivity index (χ0n) is 14.3. The van der Waals surface area contributed by atoms with E-state index in [4.69, 9.17) is 26.8 Å². The van der Waals surface area contributed by atoms with Crippen LogP contribution in [0.4, 0.5) is 0 Å². The Bertz CT molecular complexity index is 563. The van der Waals surface area contributed by atoms with E-state index in [2.05, 4.69) is 10.2 Å². The molecule has 1 unspecified atom stereocenters. The van der Waals surface area contributed by atoms with Gasteiger partial charge in [0.1, 0.15) is 6.10 Å². The summed E-state index contributed by atoms with van der Waals surface area (Å²) in [6.07, 6.45) is 1.20. The largest absolute Gasteiger partial charge is 0.379 e. The smallest absolute Gasteiger partial charge is 0.249 e. The van der Waals surface area contributed by atoms with Crippen LogP contribution in [0.5, 0.6) is 0 Å². The molecule has 1 aromatic rings. The van der Waals surface area contributed by atoms with E-state index in [1.807, 2.05) is 24.3 Å². The quantitative estimate of drug-likeness (QED) is 0.793. The Morgan fingerprint density at radius 2 is 2.00 bits per heavy atom. The van der Waals surface area contributed by atoms with E-state index in [0.717, 1.165) is 31.5 Å². The van der Waals surface area contributed by atoms with Gasteiger partial charge in [0.15, 0.2) is 0 Å². The maximum atomic E-state index is 12.4. The van der Waals surface area contributed by atoms with Crippen molar-refractivity contribution in [3.63, 3.8) is 0 Å². The van der Waals surface area contributed by atoms with E-state index in [1.54, 1.807) is 0 Å². The van der Waals surface area contributed by atoms with Gasteiger partial charge >= 0.3 is 0 Å². The predicted molar refractivity (Wildman–Crippen MR) is 96.5 cm³/mol. The van der Waals surface area contributed by atoms with Crippen LogP contribution in [-0.2, 0) is 14.3 Å². The third-order valence-electron chi connectivity index (χ3n) is 4.87. The van der Waals surface area contributed by atoms with Crippen molar-refractivity contribution in [3.8, 4) is 0 Å². The van der Waals surface area contributed by atoms with Gasteiger partial charge in [-0.1, -0.05) is 23.7 Å². The summed E-state index contributed by atoms with van der Waals surface area (Å²) in [6.45, 7) is 4.11. The number of nitrogens with zero attached hydrogens (tertiary/aromatic N) is 1. The van der Waals surface area contributed by atoms with E-state index in [1.165, 1.54) is 0 Å². The molecule has 2 aliphatic rings. The number of carbonyl (C=O) groups is 1. The number of nitrogens with two attached hydrogens (primary N) is 1. The molecule has 1 amide bonds. The first-order valence-electron chi connectivity index (χ1n) is 8.88. The minimum atomic E-state index is -0.385. The molecule has 0 radical (unpaired) electrons. The van der Waals surface area contributed by atoms with Crippen molar-refractivity contribution in [2.45, 2.75) is 31.1 Å². The third kappa shape index (κ3) is 4.92. The second-order valence-electron chi connectivity index (χ2n) is 6.52. The summed E-state index contributed by atoms with van der Waals surface area (Å²) in [5.41, 5.74) is 6.76. The molecular formula is C18H26ClN3O3. The summed E-state index contributed by atoms with van der Waals surface area (Å²) < 4.78 is 11.1. The number of hydrogen-bond acceptors (Lipinski definition) is 5. The van der Waals surface area contributed by atoms with Crippen LogP contribution in [0.25, 0.3) is 0 Å². The molecule has 138 valence electrons. The van der Waals surface area contributed by atoms with Crippen molar-refractivity contribution >= 4 is 17.5 Å². The molecule has 2 heterocycles. The third-order valence-corrected chi connectivity index (χ3v) is 5.13. The molecule has 0 saturated carbocycles. The van der Waals surface area contributed by atoms with Crippen molar-refractivity contribution in [2.75, 3.05) is 39.4 Å². The zero-order valence-corrected chi connectivity index (χ0v) is 15.1. The van der Waals surface area contributed by atoms with Crippen LogP contribution in [0.15, 0.2) is 24.3 Å². The topological polar surface area (TPSA) is 76.8 Å². The van der Waals surface area contributed by atoms with Crippen LogP contribution < -0.4 is 11.1 Å². The fourth-order valence-electron chi connectivity index (χ4n) is 3.41. The van der Waals surface area contributed by atoms with Gasteiger partial charge < -0.3 is 20.5 Å². The highest BCUT2D eigenvalue weighted by atomic mass is 35.5. The van der Waals surface area contributed by atoms with Crippen LogP contribution in [0, 0.1) is 0 Å². The highest BCUT2D eigenvalue weighted by Crippen LogP contribution is 2.24. The normalized spacial score (nSPS) is 25.7. The van der Waals surface area contributed by atoms with E-state index in [0.29, 0.717) is 31.3 Å². The number of hydrogen-bond donors (Lipinski definition) is 2. The van der Waals surface area contributed by atoms with Crippen molar-refractivity contribution in [3.05, 3.63) is 34.9 Å². The molecule has 0 spiro atoms. The number of benzene rings is 1. The lowest BCUT2D eigenvalue weighted by atomic mass is 10.0. The Labute approximate surface area is 153 Å². The van der Waals surface area contributed by atoms with Gasteiger partial charge in [-0.05, 0) is 30.5 Å². The molecule has 3 atom stereocenters. The first kappa shape index (κ1) is 18.6. The second-order valence-corrected chi connectivity index (χ2v) is 6.96. The Balaban J connectivity index is 1.63. The van der Waals surface area contributed by atoms with Gasteiger partial charge in [-0.25, -0.2) is 0 Å². The molecule has 1 aromatic carbocycles. The standard InChI is InChI=1S/C18H26ClN3O3/c19-14-3-1-13(2-4-14)16(22-7-9-24-10-8-22)12-21-18(23)17-6-5-15(11-20)25-17/h1-4,15-17H,5-12,20H2,(H,21,23)/t15-,16?,17+/m1/s1. The van der Waals surface area contributed by atoms with Gasteiger partial charge in [-0.15, -0.1) is 0 Å². The lowest BCUT2D eigenvalue weighted by molar-refractivity contribution is -0.132. The average molecular weight is 368 g/mol. The number of nitrogens with one attached hydrogen (secondary N) is 1. The van der Waals surface area contributed by atoms with Crippen LogP contribution in [-0.4, -0.2) is 62.4 Å². The number of carbonyl (C=O) groups excluding carboxylic acids is 1. The summed E-state index contributed by atoms with van der Waals surface area (Å²) in [6, 6.07) is 7.91. The highest BCUT2D eigenvalue weighted by Gasteiger charge is 2.31. The second kappa shape index (κ2) is 8.96. The molecule has 7 heteroatoms. The van der Waals surface area contributed by atoms with E-state index >= 15 is 0 Å². The molecule has 2 aliphatic heterocycles. The number of amides is 1. The number of morpholine rings is 1. The Morgan fingerprint density at radius 1 is 1.28 bits per heavy atom. The Kier molecular flexibility index (Phi) is 6.67. The molecule has 0 aromatic heterocycles. The fraction of sp³-hybridized carbons (Fsp3) is 0.611. The monoisotopic (exact) mass is 367 g/mol. The Hall–Kier alpha value is -1.18. The molecule has 0 bridgehead atoms. The number of halogens is 1. The van der Waals surface area contributed by atoms with E-state index in [9.17, 15) is 4.79 Å². The summed E-state index contributed by atoms with van der Waals surface area (Å²) in [5.74, 6) is -0.0526. The van der Waals surface area contributed by atoms with Crippen LogP contribution in [0.2, 0.25) is 5.02 Å². The summed E-state index contributed by atoms with van der Waals surface area (Å²) in [5, 5.41) is 3.77. The lowest BCUT2D eigenvalue weighted by Crippen LogP contribution is -2.45. The van der Waals surface area contributed by atoms with Crippen LogP contribution in [0.3, 0.4) is 0 Å². The molecule has 3 rings (SSSR count). The molecule has 2 saturated heterocycles. The molecular weight excluding hydrogens is 342 g/mol. The zero-order chi connectivity index (χ0) is 17.6. The maximum absolute atomic E-state index is 12.4. The van der Waals surface area contributed by atoms with Crippen LogP contribution in [0.1, 0.15) is 24.4 Å². The lowest BCUT2D eigenvalue weighted by Gasteiger charge is -2.35. The average Bonchev–Trinajstić information content (AvgIpc) is 3.13. The number of ether oxygens (including phenoxy) is 2. The first-order chi connectivity index (χ1) is 12.2. The van der Waals surface area contributed by atoms with E-state index < -0.39 is 0 Å². The van der Waals surface area contributed by atoms with Crippen molar-refractivity contribution in [2.24, 2.45) is 5.73 Å². The summed E-state index contributed by atoms with van der Waals surface area (Å²) >= 11 is 6.01.